The van der Waals surface area contributed by atoms with Crippen molar-refractivity contribution in [1.82, 2.24) is 0 Å². The van der Waals surface area contributed by atoms with Gasteiger partial charge in [0.05, 0.1) is 51.1 Å². The lowest BCUT2D eigenvalue weighted by Gasteiger charge is -2.46. The monoisotopic (exact) mass is 796 g/mol. The summed E-state index contributed by atoms with van der Waals surface area (Å²) < 4.78 is 44.8. The first-order valence-electron chi connectivity index (χ1n) is 19.3. The fourth-order valence-corrected chi connectivity index (χ4v) is 7.48. The normalized spacial score (nSPS) is 19.2. The highest BCUT2D eigenvalue weighted by atomic mass is 16.6. The Morgan fingerprint density at radius 2 is 1.08 bits per heavy atom. The van der Waals surface area contributed by atoms with Gasteiger partial charge in [-0.2, -0.15) is 0 Å². The van der Waals surface area contributed by atoms with Crippen molar-refractivity contribution in [3.05, 3.63) is 178 Å². The van der Waals surface area contributed by atoms with Crippen molar-refractivity contribution in [2.75, 3.05) is 13.7 Å². The summed E-state index contributed by atoms with van der Waals surface area (Å²) in [7, 11) is 1.37. The van der Waals surface area contributed by atoms with Crippen LogP contribution in [0, 0.1) is 0 Å². The average Bonchev–Trinajstić information content (AvgIpc) is 3.26. The molecular formula is C48H44O11. The smallest absolute Gasteiger partial charge is 0.204 e. The Balaban J connectivity index is 1.26. The van der Waals surface area contributed by atoms with Gasteiger partial charge in [-0.15, -0.1) is 0 Å². The molecule has 3 N–H and O–H groups in total. The van der Waals surface area contributed by atoms with Crippen molar-refractivity contribution >= 4 is 21.9 Å². The van der Waals surface area contributed by atoms with E-state index in [4.69, 9.17) is 32.8 Å². The molecule has 6 aromatic carbocycles. The number of fused-ring (bicyclic) bond motifs is 2. The van der Waals surface area contributed by atoms with Gasteiger partial charge >= 0.3 is 0 Å². The first-order valence-corrected chi connectivity index (χ1v) is 19.3. The summed E-state index contributed by atoms with van der Waals surface area (Å²) in [5.41, 5.74) is 2.89. The first-order chi connectivity index (χ1) is 28.9. The quantitative estimate of drug-likeness (QED) is 0.0859. The summed E-state index contributed by atoms with van der Waals surface area (Å²) in [6.07, 6.45) is -4.76. The zero-order valence-electron chi connectivity index (χ0n) is 32.3. The molecule has 11 nitrogen and oxygen atoms in total. The molecule has 1 fully saturated rings. The lowest BCUT2D eigenvalue weighted by Crippen LogP contribution is -2.58. The minimum absolute atomic E-state index is 0.00480. The second kappa shape index (κ2) is 18.2. The van der Waals surface area contributed by atoms with E-state index in [1.807, 2.05) is 121 Å². The van der Waals surface area contributed by atoms with Crippen LogP contribution in [0.2, 0.25) is 0 Å². The van der Waals surface area contributed by atoms with Gasteiger partial charge in [0.1, 0.15) is 58.6 Å². The Morgan fingerprint density at radius 3 is 1.63 bits per heavy atom. The van der Waals surface area contributed by atoms with Gasteiger partial charge < -0.3 is 48.2 Å². The van der Waals surface area contributed by atoms with E-state index >= 15 is 0 Å². The Morgan fingerprint density at radius 1 is 0.576 bits per heavy atom. The standard InChI is InChI=1S/C48H44O11/c1-53-38-24-37-34(22-35(38)49)43(51)42-39(58-37)23-36(50)41(44(42)52)46-48(57-28-33-20-12-5-13-21-33)47(56-27-32-18-10-4-11-19-32)45(55-26-31-16-8-3-9-17-31)40(59-46)29-54-25-30-14-6-2-7-15-30/h2-24,40,45-50,52H,25-29H2,1H3/t40-,45-,46+,47+,48+/m1/s1. The van der Waals surface area contributed by atoms with E-state index in [1.54, 1.807) is 0 Å². The molecule has 1 saturated heterocycles. The molecule has 1 aliphatic rings. The van der Waals surface area contributed by atoms with Crippen molar-refractivity contribution in [3.63, 3.8) is 0 Å². The van der Waals surface area contributed by atoms with Crippen LogP contribution in [0.15, 0.2) is 149 Å². The molecule has 5 atom stereocenters. The maximum absolute atomic E-state index is 14.1. The number of phenols is 3. The number of methoxy groups -OCH3 is 1. The van der Waals surface area contributed by atoms with Crippen LogP contribution >= 0.6 is 0 Å². The molecule has 0 radical (unpaired) electrons. The molecule has 0 aliphatic carbocycles. The third-order valence-corrected chi connectivity index (χ3v) is 10.4. The van der Waals surface area contributed by atoms with Crippen LogP contribution < -0.4 is 10.2 Å². The number of aromatic hydroxyl groups is 3. The van der Waals surface area contributed by atoms with Gasteiger partial charge in [0, 0.05) is 12.1 Å². The van der Waals surface area contributed by atoms with Crippen LogP contribution in [0.4, 0.5) is 0 Å². The van der Waals surface area contributed by atoms with Gasteiger partial charge in [0.25, 0.3) is 0 Å². The third kappa shape index (κ3) is 8.80. The first kappa shape index (κ1) is 39.6. The van der Waals surface area contributed by atoms with Gasteiger partial charge in [0.15, 0.2) is 11.5 Å². The molecule has 8 rings (SSSR count). The van der Waals surface area contributed by atoms with Crippen LogP contribution in [-0.4, -0.2) is 53.5 Å². The number of ether oxygens (including phenoxy) is 6. The summed E-state index contributed by atoms with van der Waals surface area (Å²) in [6, 6.07) is 42.6. The number of benzene rings is 6. The molecule has 7 aromatic rings. The van der Waals surface area contributed by atoms with Crippen molar-refractivity contribution in [2.45, 2.75) is 56.9 Å². The van der Waals surface area contributed by atoms with E-state index in [1.165, 1.54) is 25.3 Å². The van der Waals surface area contributed by atoms with Gasteiger partial charge in [0.2, 0.25) is 5.43 Å². The van der Waals surface area contributed by atoms with Gasteiger partial charge in [-0.3, -0.25) is 4.79 Å². The topological polar surface area (TPSA) is 146 Å². The Bertz CT molecular complexity index is 2530. The second-order valence-corrected chi connectivity index (χ2v) is 14.4. The lowest BCUT2D eigenvalue weighted by molar-refractivity contribution is -0.275. The molecule has 59 heavy (non-hydrogen) atoms. The largest absolute Gasteiger partial charge is 0.507 e. The SMILES string of the molecule is COc1cc2oc3cc(O)c([C@@H]4O[C@H](COCc5ccccc5)[C@@H](OCc5ccccc5)[C@H](OCc5ccccc5)[C@H]4OCc4ccccc4)c(O)c3c(=O)c2cc1O. The second-order valence-electron chi connectivity index (χ2n) is 14.4. The van der Waals surface area contributed by atoms with Gasteiger partial charge in [-0.25, -0.2) is 0 Å². The minimum Gasteiger partial charge on any atom is -0.507 e. The van der Waals surface area contributed by atoms with Gasteiger partial charge in [-0.05, 0) is 28.3 Å². The van der Waals surface area contributed by atoms with E-state index in [9.17, 15) is 20.1 Å². The van der Waals surface area contributed by atoms with E-state index < -0.39 is 47.4 Å². The zero-order valence-corrected chi connectivity index (χ0v) is 32.3. The van der Waals surface area contributed by atoms with Crippen LogP contribution in [0.3, 0.4) is 0 Å². The number of hydrogen-bond acceptors (Lipinski definition) is 11. The number of hydrogen-bond donors (Lipinski definition) is 3. The van der Waals surface area contributed by atoms with Crippen LogP contribution in [0.25, 0.3) is 21.9 Å². The minimum atomic E-state index is -1.23. The van der Waals surface area contributed by atoms with Crippen LogP contribution in [0.5, 0.6) is 23.0 Å². The lowest BCUT2D eigenvalue weighted by atomic mass is 9.88. The number of phenolic OH excluding ortho intramolecular Hbond substituents is 3. The van der Waals surface area contributed by atoms with Crippen molar-refractivity contribution < 1.29 is 48.2 Å². The average molecular weight is 797 g/mol. The predicted octanol–water partition coefficient (Wildman–Crippen LogP) is 8.48. The van der Waals surface area contributed by atoms with E-state index in [0.29, 0.717) is 0 Å². The predicted molar refractivity (Wildman–Crippen MR) is 220 cm³/mol. The fraction of sp³-hybridized carbons (Fsp3) is 0.229. The zero-order chi connectivity index (χ0) is 40.7. The van der Waals surface area contributed by atoms with E-state index in [-0.39, 0.29) is 72.0 Å². The molecule has 0 saturated carbocycles. The highest BCUT2D eigenvalue weighted by molar-refractivity contribution is 5.96. The fourth-order valence-electron chi connectivity index (χ4n) is 7.48. The molecule has 0 amide bonds. The van der Waals surface area contributed by atoms with E-state index in [2.05, 4.69) is 0 Å². The third-order valence-electron chi connectivity index (χ3n) is 10.4. The van der Waals surface area contributed by atoms with Gasteiger partial charge in [-0.1, -0.05) is 121 Å². The van der Waals surface area contributed by atoms with Crippen molar-refractivity contribution in [1.29, 1.82) is 0 Å². The maximum atomic E-state index is 14.1. The molecule has 302 valence electrons. The molecule has 0 spiro atoms. The number of rotatable bonds is 15. The summed E-state index contributed by atoms with van der Waals surface area (Å²) >= 11 is 0. The summed E-state index contributed by atoms with van der Waals surface area (Å²) in [5, 5.41) is 34.4. The Labute approximate surface area is 340 Å². The van der Waals surface area contributed by atoms with Crippen molar-refractivity contribution in [2.24, 2.45) is 0 Å². The van der Waals surface area contributed by atoms with E-state index in [0.717, 1.165) is 22.3 Å². The molecule has 1 aromatic heterocycles. The molecular weight excluding hydrogens is 753 g/mol. The molecule has 1 aliphatic heterocycles. The Kier molecular flexibility index (Phi) is 12.2. The van der Waals surface area contributed by atoms with Crippen LogP contribution in [0.1, 0.15) is 33.9 Å². The maximum Gasteiger partial charge on any atom is 0.204 e. The summed E-state index contributed by atoms with van der Waals surface area (Å²) in [4.78, 5) is 14.1. The molecule has 0 unspecified atom stereocenters. The summed E-state index contributed by atoms with van der Waals surface area (Å²) in [6.45, 7) is 0.803. The summed E-state index contributed by atoms with van der Waals surface area (Å²) in [5.74, 6) is -1.17. The highest BCUT2D eigenvalue weighted by Crippen LogP contribution is 2.47. The molecule has 2 heterocycles. The Hall–Kier alpha value is -6.21. The molecule has 0 bridgehead atoms. The van der Waals surface area contributed by atoms with Crippen molar-refractivity contribution in [3.8, 4) is 23.0 Å². The highest BCUT2D eigenvalue weighted by Gasteiger charge is 2.50. The van der Waals surface area contributed by atoms with Crippen LogP contribution in [-0.2, 0) is 50.1 Å². The molecule has 11 heteroatoms.